The van der Waals surface area contributed by atoms with E-state index in [1.54, 1.807) is 24.3 Å². The molecule has 16 heavy (non-hydrogen) atoms. The van der Waals surface area contributed by atoms with Gasteiger partial charge in [0.15, 0.2) is 0 Å². The Balaban J connectivity index is 2.43. The molecular formula is C11H14O4S. The van der Waals surface area contributed by atoms with Crippen molar-refractivity contribution in [2.45, 2.75) is 18.6 Å². The van der Waals surface area contributed by atoms with Crippen molar-refractivity contribution in [2.75, 3.05) is 6.61 Å². The summed E-state index contributed by atoms with van der Waals surface area (Å²) in [6.07, 6.45) is 1.49. The van der Waals surface area contributed by atoms with Crippen LogP contribution < -0.4 is 0 Å². The van der Waals surface area contributed by atoms with E-state index in [1.165, 1.54) is 0 Å². The number of benzene rings is 1. The Hall–Kier alpha value is -1.20. The maximum Gasteiger partial charge on any atom is 0.271 e. The van der Waals surface area contributed by atoms with Crippen LogP contribution in [0.2, 0.25) is 0 Å². The molecule has 5 heteroatoms. The molecule has 1 aromatic carbocycles. The number of carbonyl (C=O) groups excluding carboxylic acids is 1. The van der Waals surface area contributed by atoms with E-state index in [2.05, 4.69) is 0 Å². The Morgan fingerprint density at radius 3 is 2.50 bits per heavy atom. The third-order valence-corrected chi connectivity index (χ3v) is 3.13. The monoisotopic (exact) mass is 242 g/mol. The molecule has 0 spiro atoms. The van der Waals surface area contributed by atoms with Gasteiger partial charge in [-0.25, -0.2) is 0 Å². The minimum Gasteiger partial charge on any atom is -0.303 e. The average molecular weight is 242 g/mol. The first-order valence-electron chi connectivity index (χ1n) is 4.99. The Morgan fingerprint density at radius 2 is 1.88 bits per heavy atom. The lowest BCUT2D eigenvalue weighted by molar-refractivity contribution is -0.108. The molecule has 0 saturated carbocycles. The fraction of sp³-hybridized carbons (Fsp3) is 0.364. The molecule has 0 aliphatic carbocycles. The highest BCUT2D eigenvalue weighted by atomic mass is 32.2. The summed E-state index contributed by atoms with van der Waals surface area (Å²) in [4.78, 5) is 10.0. The number of rotatable bonds is 7. The molecule has 0 saturated heterocycles. The average Bonchev–Trinajstić information content (AvgIpc) is 2.25. The van der Waals surface area contributed by atoms with Crippen molar-refractivity contribution in [3.8, 4) is 0 Å². The Labute approximate surface area is 95.4 Å². The number of hydrogen-bond acceptors (Lipinski definition) is 4. The van der Waals surface area contributed by atoms with E-state index in [-0.39, 0.29) is 12.4 Å². The van der Waals surface area contributed by atoms with Gasteiger partial charge >= 0.3 is 0 Å². The minimum absolute atomic E-state index is 0.0634. The highest BCUT2D eigenvalue weighted by molar-refractivity contribution is 7.85. The lowest BCUT2D eigenvalue weighted by Gasteiger charge is -2.04. The molecule has 0 fully saturated rings. The van der Waals surface area contributed by atoms with Crippen molar-refractivity contribution in [2.24, 2.45) is 0 Å². The van der Waals surface area contributed by atoms with Crippen LogP contribution in [0.4, 0.5) is 0 Å². The van der Waals surface area contributed by atoms with Crippen LogP contribution in [0.25, 0.3) is 0 Å². The fourth-order valence-electron chi connectivity index (χ4n) is 1.17. The third-order valence-electron chi connectivity index (χ3n) is 1.92. The van der Waals surface area contributed by atoms with Gasteiger partial charge in [0.1, 0.15) is 12.0 Å². The Bertz CT molecular complexity index is 411. The summed E-state index contributed by atoms with van der Waals surface area (Å²) in [7, 11) is -3.53. The standard InChI is InChI=1S/C11H14O4S/c12-8-4-5-9-15-16(13,14)10-11-6-2-1-3-7-11/h1-3,6-8H,4-5,9-10H2. The fourth-order valence-corrected chi connectivity index (χ4v) is 2.23. The third kappa shape index (κ3) is 5.04. The lowest BCUT2D eigenvalue weighted by atomic mass is 10.2. The van der Waals surface area contributed by atoms with Gasteiger partial charge in [-0.15, -0.1) is 0 Å². The van der Waals surface area contributed by atoms with E-state index in [4.69, 9.17) is 4.18 Å². The second-order valence-corrected chi connectivity index (χ2v) is 4.96. The second-order valence-electron chi connectivity index (χ2n) is 3.32. The Kier molecular flexibility index (Phi) is 5.14. The predicted molar refractivity (Wildman–Crippen MR) is 60.3 cm³/mol. The molecule has 0 radical (unpaired) electrons. The molecule has 0 unspecified atom stereocenters. The molecule has 4 nitrogen and oxygen atoms in total. The molecule has 0 heterocycles. The van der Waals surface area contributed by atoms with Crippen molar-refractivity contribution >= 4 is 16.4 Å². The van der Waals surface area contributed by atoms with E-state index in [9.17, 15) is 13.2 Å². The van der Waals surface area contributed by atoms with Crippen LogP contribution in [-0.4, -0.2) is 21.3 Å². The predicted octanol–water partition coefficient (Wildman–Crippen LogP) is 1.51. The molecule has 1 rings (SSSR count). The smallest absolute Gasteiger partial charge is 0.271 e. The molecule has 1 aromatic rings. The zero-order valence-electron chi connectivity index (χ0n) is 8.83. The van der Waals surface area contributed by atoms with E-state index < -0.39 is 10.1 Å². The number of aldehydes is 1. The zero-order valence-corrected chi connectivity index (χ0v) is 9.65. The molecule has 88 valence electrons. The summed E-state index contributed by atoms with van der Waals surface area (Å²) in [5.74, 6) is -0.130. The molecule has 0 N–H and O–H groups in total. The highest BCUT2D eigenvalue weighted by Crippen LogP contribution is 2.07. The summed E-state index contributed by atoms with van der Waals surface area (Å²) in [5.41, 5.74) is 0.692. The maximum atomic E-state index is 11.5. The van der Waals surface area contributed by atoms with Crippen molar-refractivity contribution in [3.63, 3.8) is 0 Å². The van der Waals surface area contributed by atoms with E-state index in [0.717, 1.165) is 6.29 Å². The van der Waals surface area contributed by atoms with Crippen LogP contribution in [0, 0.1) is 0 Å². The molecule has 0 amide bonds. The summed E-state index contributed by atoms with van der Waals surface area (Å²) >= 11 is 0. The second kappa shape index (κ2) is 6.40. The van der Waals surface area contributed by atoms with E-state index in [0.29, 0.717) is 18.4 Å². The molecule has 0 bridgehead atoms. The van der Waals surface area contributed by atoms with E-state index >= 15 is 0 Å². The van der Waals surface area contributed by atoms with Gasteiger partial charge in [0.2, 0.25) is 0 Å². The number of hydrogen-bond donors (Lipinski definition) is 0. The first-order chi connectivity index (χ1) is 7.64. The summed E-state index contributed by atoms with van der Waals surface area (Å²) in [6.45, 7) is 0.0634. The minimum atomic E-state index is -3.53. The van der Waals surface area contributed by atoms with Gasteiger partial charge < -0.3 is 4.79 Å². The van der Waals surface area contributed by atoms with E-state index in [1.807, 2.05) is 6.07 Å². The van der Waals surface area contributed by atoms with Crippen LogP contribution >= 0.6 is 0 Å². The highest BCUT2D eigenvalue weighted by Gasteiger charge is 2.11. The first kappa shape index (κ1) is 12.9. The van der Waals surface area contributed by atoms with Gasteiger partial charge in [0.05, 0.1) is 6.61 Å². The molecule has 0 aliphatic rings. The van der Waals surface area contributed by atoms with Gasteiger partial charge in [0.25, 0.3) is 10.1 Å². The topological polar surface area (TPSA) is 60.4 Å². The van der Waals surface area contributed by atoms with Gasteiger partial charge in [0, 0.05) is 6.42 Å². The zero-order chi connectivity index (χ0) is 11.9. The summed E-state index contributed by atoms with van der Waals surface area (Å²) < 4.78 is 27.7. The van der Waals surface area contributed by atoms with Crippen LogP contribution in [0.1, 0.15) is 18.4 Å². The van der Waals surface area contributed by atoms with Gasteiger partial charge in [-0.05, 0) is 12.0 Å². The van der Waals surface area contributed by atoms with Crippen molar-refractivity contribution in [1.29, 1.82) is 0 Å². The van der Waals surface area contributed by atoms with Crippen molar-refractivity contribution in [1.82, 2.24) is 0 Å². The van der Waals surface area contributed by atoms with Gasteiger partial charge in [-0.3, -0.25) is 4.18 Å². The van der Waals surface area contributed by atoms with Crippen LogP contribution in [0.15, 0.2) is 30.3 Å². The normalized spacial score (nSPS) is 11.2. The SMILES string of the molecule is O=CCCCOS(=O)(=O)Cc1ccccc1. The first-order valence-corrected chi connectivity index (χ1v) is 6.56. The lowest BCUT2D eigenvalue weighted by Crippen LogP contribution is -2.10. The van der Waals surface area contributed by atoms with Crippen molar-refractivity contribution < 1.29 is 17.4 Å². The largest absolute Gasteiger partial charge is 0.303 e. The van der Waals surface area contributed by atoms with Gasteiger partial charge in [-0.1, -0.05) is 30.3 Å². The van der Waals surface area contributed by atoms with Crippen LogP contribution in [-0.2, 0) is 24.8 Å². The molecular weight excluding hydrogens is 228 g/mol. The molecule has 0 aromatic heterocycles. The quantitative estimate of drug-likeness (QED) is 0.413. The molecule has 0 aliphatic heterocycles. The van der Waals surface area contributed by atoms with Gasteiger partial charge in [-0.2, -0.15) is 8.42 Å². The maximum absolute atomic E-state index is 11.5. The number of unbranched alkanes of at least 4 members (excludes halogenated alkanes) is 1. The summed E-state index contributed by atoms with van der Waals surface area (Å²) in [6, 6.07) is 8.83. The Morgan fingerprint density at radius 1 is 1.19 bits per heavy atom. The number of carbonyl (C=O) groups is 1. The van der Waals surface area contributed by atoms with Crippen LogP contribution in [0.5, 0.6) is 0 Å². The van der Waals surface area contributed by atoms with Crippen molar-refractivity contribution in [3.05, 3.63) is 35.9 Å². The molecule has 0 atom stereocenters. The van der Waals surface area contributed by atoms with Crippen LogP contribution in [0.3, 0.4) is 0 Å². The summed E-state index contributed by atoms with van der Waals surface area (Å²) in [5, 5.41) is 0.